The van der Waals surface area contributed by atoms with Gasteiger partial charge in [-0.1, -0.05) is 13.3 Å². The summed E-state index contributed by atoms with van der Waals surface area (Å²) in [7, 11) is -5.96. The number of carbonyl (C=O) groups is 2. The Kier molecular flexibility index (Phi) is 7.70. The number of halogens is 2. The third-order valence-electron chi connectivity index (χ3n) is 8.46. The molecule has 10 nitrogen and oxygen atoms in total. The largest absolute Gasteiger partial charge is 0.465 e. The molecule has 0 amide bonds. The molecule has 4 unspecified atom stereocenters. The van der Waals surface area contributed by atoms with Crippen molar-refractivity contribution in [1.29, 1.82) is 0 Å². The Balaban J connectivity index is 1.34. The third kappa shape index (κ3) is 5.95. The number of hydrogen-bond donors (Lipinski definition) is 2. The third-order valence-corrected chi connectivity index (χ3v) is 9.27. The van der Waals surface area contributed by atoms with E-state index in [1.165, 1.54) is 0 Å². The van der Waals surface area contributed by atoms with E-state index in [0.29, 0.717) is 32.1 Å². The summed E-state index contributed by atoms with van der Waals surface area (Å²) in [6, 6.07) is 0. The van der Waals surface area contributed by atoms with Crippen LogP contribution >= 0.6 is 0 Å². The summed E-state index contributed by atoms with van der Waals surface area (Å²) in [5.41, 5.74) is -3.21. The zero-order valence-electron chi connectivity index (χ0n) is 21.0. The van der Waals surface area contributed by atoms with Gasteiger partial charge in [-0.2, -0.15) is 17.2 Å². The van der Waals surface area contributed by atoms with Gasteiger partial charge in [0.2, 0.25) is 0 Å². The first-order chi connectivity index (χ1) is 17.2. The highest BCUT2D eigenvalue weighted by Gasteiger charge is 2.64. The van der Waals surface area contributed by atoms with Gasteiger partial charge < -0.3 is 24.1 Å². The molecule has 0 aromatic heterocycles. The van der Waals surface area contributed by atoms with Gasteiger partial charge in [-0.05, 0) is 57.3 Å². The number of rotatable bonds is 11. The minimum Gasteiger partial charge on any atom is -0.458 e. The fraction of sp³-hybridized carbons (Fsp3) is 0.917. The van der Waals surface area contributed by atoms with Gasteiger partial charge in [0, 0.05) is 19.3 Å². The lowest BCUT2D eigenvalue weighted by atomic mass is 9.50. The van der Waals surface area contributed by atoms with Crippen LogP contribution in [0.1, 0.15) is 84.0 Å². The van der Waals surface area contributed by atoms with Gasteiger partial charge in [0.15, 0.2) is 0 Å². The Labute approximate surface area is 215 Å². The SMILES string of the molecule is CCC1(OC(=O)COC23CC4CC(O)(CC(OCCOC(=O)C(F)(F)S(=O)(=O)O)(C4)C2)C3)CCCCC1. The predicted molar refractivity (Wildman–Crippen MR) is 123 cm³/mol. The molecule has 5 rings (SSSR count). The van der Waals surface area contributed by atoms with Gasteiger partial charge in [0.05, 0.1) is 23.4 Å². The number of ether oxygens (including phenoxy) is 4. The van der Waals surface area contributed by atoms with Crippen LogP contribution in [0, 0.1) is 5.92 Å². The van der Waals surface area contributed by atoms with E-state index < -0.39 is 56.3 Å². The molecule has 5 aliphatic carbocycles. The molecule has 0 heterocycles. The van der Waals surface area contributed by atoms with Gasteiger partial charge in [-0.15, -0.1) is 0 Å². The van der Waals surface area contributed by atoms with Crippen molar-refractivity contribution in [3.63, 3.8) is 0 Å². The van der Waals surface area contributed by atoms with Crippen molar-refractivity contribution in [2.75, 3.05) is 19.8 Å². The van der Waals surface area contributed by atoms with E-state index in [0.717, 1.165) is 38.5 Å². The number of carbonyl (C=O) groups excluding carboxylic acids is 2. The second-order valence-corrected chi connectivity index (χ2v) is 12.9. The summed E-state index contributed by atoms with van der Waals surface area (Å²) in [5.74, 6) is -2.78. The van der Waals surface area contributed by atoms with Crippen LogP contribution in [0.15, 0.2) is 0 Å². The van der Waals surface area contributed by atoms with E-state index in [-0.39, 0.29) is 25.6 Å². The minimum absolute atomic E-state index is 0.0593. The normalized spacial score (nSPS) is 34.8. The highest BCUT2D eigenvalue weighted by atomic mass is 32.2. The highest BCUT2D eigenvalue weighted by Crippen LogP contribution is 2.61. The van der Waals surface area contributed by atoms with Crippen LogP contribution in [-0.4, -0.2) is 77.5 Å². The van der Waals surface area contributed by atoms with Crippen LogP contribution in [0.3, 0.4) is 0 Å². The molecule has 0 spiro atoms. The average molecular weight is 555 g/mol. The monoisotopic (exact) mass is 554 g/mol. The number of hydrogen-bond acceptors (Lipinski definition) is 9. The van der Waals surface area contributed by atoms with E-state index in [9.17, 15) is 31.9 Å². The Morgan fingerprint density at radius 1 is 0.973 bits per heavy atom. The summed E-state index contributed by atoms with van der Waals surface area (Å²) in [6.45, 7) is 0.764. The van der Waals surface area contributed by atoms with Crippen molar-refractivity contribution in [3.8, 4) is 0 Å². The molecule has 5 saturated carbocycles. The van der Waals surface area contributed by atoms with E-state index in [2.05, 4.69) is 4.74 Å². The quantitative estimate of drug-likeness (QED) is 0.222. The molecular weight excluding hydrogens is 518 g/mol. The fourth-order valence-corrected chi connectivity index (χ4v) is 7.59. The maximum absolute atomic E-state index is 13.4. The molecule has 5 aliphatic rings. The summed E-state index contributed by atoms with van der Waals surface area (Å²) in [6.07, 6.45) is 8.33. The van der Waals surface area contributed by atoms with Crippen LogP contribution in [0.5, 0.6) is 0 Å². The molecular formula is C24H36F2O10S. The molecule has 4 bridgehead atoms. The summed E-state index contributed by atoms with van der Waals surface area (Å²) in [4.78, 5) is 24.1. The molecule has 5 fully saturated rings. The van der Waals surface area contributed by atoms with Crippen molar-refractivity contribution in [2.45, 2.75) is 112 Å². The first-order valence-electron chi connectivity index (χ1n) is 12.9. The number of alkyl halides is 2. The Morgan fingerprint density at radius 2 is 1.59 bits per heavy atom. The molecule has 13 heteroatoms. The van der Waals surface area contributed by atoms with Crippen LogP contribution in [0.25, 0.3) is 0 Å². The minimum atomic E-state index is -5.96. The lowest BCUT2D eigenvalue weighted by molar-refractivity contribution is -0.282. The van der Waals surface area contributed by atoms with Crippen molar-refractivity contribution in [1.82, 2.24) is 0 Å². The zero-order chi connectivity index (χ0) is 27.2. The molecule has 0 aliphatic heterocycles. The standard InChI is InChI=1S/C24H36F2O10S/c1-2-21(6-4-3-5-7-21)36-18(27)13-35-23-12-17-10-20(29,15-23)14-22(11-17,16-23)34-9-8-33-19(28)24(25,26)37(30,31)32/h17,29H,2-16H2,1H3,(H,30,31,32). The first kappa shape index (κ1) is 28.6. The molecule has 2 N–H and O–H groups in total. The van der Waals surface area contributed by atoms with Gasteiger partial charge in [0.1, 0.15) is 18.8 Å². The summed E-state index contributed by atoms with van der Waals surface area (Å²) in [5, 5.41) is 6.14. The first-order valence-corrected chi connectivity index (χ1v) is 14.3. The molecule has 4 atom stereocenters. The lowest BCUT2D eigenvalue weighted by Gasteiger charge is -2.64. The van der Waals surface area contributed by atoms with Crippen molar-refractivity contribution in [3.05, 3.63) is 0 Å². The molecule has 0 aromatic rings. The van der Waals surface area contributed by atoms with Crippen LogP contribution in [-0.2, 0) is 38.7 Å². The number of esters is 2. The van der Waals surface area contributed by atoms with E-state index in [1.54, 1.807) is 0 Å². The van der Waals surface area contributed by atoms with Gasteiger partial charge >= 0.3 is 27.3 Å². The highest BCUT2D eigenvalue weighted by molar-refractivity contribution is 7.87. The van der Waals surface area contributed by atoms with E-state index in [1.807, 2.05) is 6.92 Å². The van der Waals surface area contributed by atoms with Crippen LogP contribution in [0.4, 0.5) is 8.78 Å². The van der Waals surface area contributed by atoms with Crippen LogP contribution < -0.4 is 0 Å². The van der Waals surface area contributed by atoms with E-state index >= 15 is 0 Å². The Morgan fingerprint density at radius 3 is 2.16 bits per heavy atom. The van der Waals surface area contributed by atoms with Gasteiger partial charge in [-0.25, -0.2) is 9.59 Å². The summed E-state index contributed by atoms with van der Waals surface area (Å²) >= 11 is 0. The average Bonchev–Trinajstić information content (AvgIpc) is 2.79. The van der Waals surface area contributed by atoms with Gasteiger partial charge in [-0.3, -0.25) is 4.55 Å². The van der Waals surface area contributed by atoms with Crippen molar-refractivity contribution >= 4 is 22.1 Å². The lowest BCUT2D eigenvalue weighted by Crippen LogP contribution is -2.67. The topological polar surface area (TPSA) is 146 Å². The molecule has 0 radical (unpaired) electrons. The Hall–Kier alpha value is -1.41. The molecule has 37 heavy (non-hydrogen) atoms. The summed E-state index contributed by atoms with van der Waals surface area (Å²) < 4.78 is 78.9. The fourth-order valence-electron chi connectivity index (χ4n) is 7.32. The zero-order valence-corrected chi connectivity index (χ0v) is 21.8. The second-order valence-electron chi connectivity index (χ2n) is 11.4. The van der Waals surface area contributed by atoms with Gasteiger partial charge in [0.25, 0.3) is 0 Å². The molecule has 0 saturated heterocycles. The molecule has 212 valence electrons. The second kappa shape index (κ2) is 9.96. The molecule has 0 aromatic carbocycles. The van der Waals surface area contributed by atoms with Crippen molar-refractivity contribution < 1.29 is 55.4 Å². The smallest absolute Gasteiger partial charge is 0.458 e. The number of aliphatic hydroxyl groups is 1. The predicted octanol–water partition coefficient (Wildman–Crippen LogP) is 2.91. The maximum Gasteiger partial charge on any atom is 0.465 e. The van der Waals surface area contributed by atoms with E-state index in [4.69, 9.17) is 18.8 Å². The van der Waals surface area contributed by atoms with Crippen LogP contribution in [0.2, 0.25) is 0 Å². The maximum atomic E-state index is 13.4. The van der Waals surface area contributed by atoms with Crippen molar-refractivity contribution in [2.24, 2.45) is 5.92 Å². The Bertz CT molecular complexity index is 997.